The van der Waals surface area contributed by atoms with E-state index in [2.05, 4.69) is 21.2 Å². The Bertz CT molecular complexity index is 1180. The molecule has 0 saturated carbocycles. The summed E-state index contributed by atoms with van der Waals surface area (Å²) in [5.41, 5.74) is 2.12. The summed E-state index contributed by atoms with van der Waals surface area (Å²) in [5, 5.41) is 12.0. The van der Waals surface area contributed by atoms with Gasteiger partial charge in [0, 0.05) is 10.0 Å². The van der Waals surface area contributed by atoms with Crippen molar-refractivity contribution in [2.45, 2.75) is 6.54 Å². The van der Waals surface area contributed by atoms with Crippen molar-refractivity contribution in [3.63, 3.8) is 0 Å². The number of fused-ring (bicyclic) bond motifs is 1. The first-order valence-corrected chi connectivity index (χ1v) is 10.2. The minimum Gasteiger partial charge on any atom is -0.482 e. The zero-order valence-electron chi connectivity index (χ0n) is 16.2. The van der Waals surface area contributed by atoms with Gasteiger partial charge in [-0.15, -0.1) is 0 Å². The van der Waals surface area contributed by atoms with Gasteiger partial charge >= 0.3 is 5.97 Å². The molecular formula is C23H17BrN2O5. The molecule has 3 aromatic rings. The maximum Gasteiger partial charge on any atom is 0.337 e. The number of nitrogens with one attached hydrogen (secondary N) is 1. The number of carbonyl (C=O) groups excluding carboxylic acids is 2. The van der Waals surface area contributed by atoms with Crippen molar-refractivity contribution in [1.82, 2.24) is 0 Å². The van der Waals surface area contributed by atoms with Crippen LogP contribution in [0.1, 0.15) is 26.3 Å². The maximum absolute atomic E-state index is 12.6. The highest BCUT2D eigenvalue weighted by Gasteiger charge is 2.25. The van der Waals surface area contributed by atoms with Crippen LogP contribution in [0.5, 0.6) is 5.75 Å². The second kappa shape index (κ2) is 8.61. The monoisotopic (exact) mass is 480 g/mol. The van der Waals surface area contributed by atoms with Crippen LogP contribution in [0.15, 0.2) is 71.2 Å². The van der Waals surface area contributed by atoms with Crippen molar-refractivity contribution in [3.05, 3.63) is 87.9 Å². The predicted molar refractivity (Wildman–Crippen MR) is 119 cm³/mol. The van der Waals surface area contributed by atoms with Crippen LogP contribution in [0, 0.1) is 0 Å². The molecule has 7 nitrogen and oxygen atoms in total. The van der Waals surface area contributed by atoms with Crippen molar-refractivity contribution in [1.29, 1.82) is 0 Å². The van der Waals surface area contributed by atoms with Crippen LogP contribution in [-0.2, 0) is 11.3 Å². The van der Waals surface area contributed by atoms with Gasteiger partial charge < -0.3 is 20.1 Å². The Morgan fingerprint density at radius 3 is 2.55 bits per heavy atom. The zero-order chi connectivity index (χ0) is 22.0. The lowest BCUT2D eigenvalue weighted by molar-refractivity contribution is -0.121. The molecule has 8 heteroatoms. The lowest BCUT2D eigenvalue weighted by Crippen LogP contribution is -2.38. The summed E-state index contributed by atoms with van der Waals surface area (Å²) < 4.78 is 6.06. The molecule has 1 aliphatic rings. The Balaban J connectivity index is 1.50. The Labute approximate surface area is 186 Å². The highest BCUT2D eigenvalue weighted by atomic mass is 79.9. The Hall–Kier alpha value is -3.65. The number of ether oxygens (including phenoxy) is 1. The van der Waals surface area contributed by atoms with E-state index in [4.69, 9.17) is 4.74 Å². The quantitative estimate of drug-likeness (QED) is 0.566. The van der Waals surface area contributed by atoms with Crippen molar-refractivity contribution in [3.8, 4) is 5.75 Å². The average molecular weight is 481 g/mol. The first-order chi connectivity index (χ1) is 14.9. The molecule has 0 aliphatic carbocycles. The molecule has 1 aliphatic heterocycles. The van der Waals surface area contributed by atoms with Gasteiger partial charge in [0.1, 0.15) is 5.75 Å². The zero-order valence-corrected chi connectivity index (χ0v) is 17.8. The molecule has 4 rings (SSSR count). The fourth-order valence-corrected chi connectivity index (χ4v) is 3.63. The van der Waals surface area contributed by atoms with E-state index >= 15 is 0 Å². The summed E-state index contributed by atoms with van der Waals surface area (Å²) in [6.07, 6.45) is 0. The highest BCUT2D eigenvalue weighted by Crippen LogP contribution is 2.32. The number of carboxylic acids is 1. The van der Waals surface area contributed by atoms with E-state index in [9.17, 15) is 19.5 Å². The summed E-state index contributed by atoms with van der Waals surface area (Å²) in [6.45, 7) is 0.327. The molecule has 0 radical (unpaired) electrons. The third-order valence-corrected chi connectivity index (χ3v) is 5.32. The van der Waals surface area contributed by atoms with Crippen molar-refractivity contribution >= 4 is 45.1 Å². The largest absolute Gasteiger partial charge is 0.482 e. The summed E-state index contributed by atoms with van der Waals surface area (Å²) in [5.74, 6) is -1.05. The van der Waals surface area contributed by atoms with E-state index in [1.54, 1.807) is 35.2 Å². The number of halogens is 1. The number of carboxylic acid groups (broad SMARTS) is 1. The van der Waals surface area contributed by atoms with E-state index in [0.29, 0.717) is 28.0 Å². The number of rotatable bonds is 5. The van der Waals surface area contributed by atoms with E-state index in [-0.39, 0.29) is 23.8 Å². The Kier molecular flexibility index (Phi) is 5.73. The number of nitrogens with zero attached hydrogens (tertiary/aromatic N) is 1. The van der Waals surface area contributed by atoms with Crippen molar-refractivity contribution in [2.24, 2.45) is 0 Å². The molecule has 0 spiro atoms. The number of para-hydroxylation sites is 2. The van der Waals surface area contributed by atoms with Crippen LogP contribution >= 0.6 is 15.9 Å². The average Bonchev–Trinajstić information content (AvgIpc) is 2.77. The van der Waals surface area contributed by atoms with Gasteiger partial charge in [-0.05, 0) is 48.0 Å². The molecule has 2 amide bonds. The SMILES string of the molecule is O=C(Nc1ccc(Br)cc1C(=O)O)c1ccc(CN2C(=O)COc3ccccc32)cc1. The number of anilines is 2. The van der Waals surface area contributed by atoms with Gasteiger partial charge in [0.2, 0.25) is 0 Å². The molecule has 0 aromatic heterocycles. The van der Waals surface area contributed by atoms with Gasteiger partial charge in [-0.1, -0.05) is 40.2 Å². The van der Waals surface area contributed by atoms with Gasteiger partial charge in [-0.25, -0.2) is 4.79 Å². The number of carbonyl (C=O) groups is 3. The normalized spacial score (nSPS) is 12.7. The molecule has 0 atom stereocenters. The molecule has 1 heterocycles. The lowest BCUT2D eigenvalue weighted by atomic mass is 10.1. The molecule has 0 unspecified atom stereocenters. The van der Waals surface area contributed by atoms with E-state index in [1.807, 2.05) is 24.3 Å². The molecule has 0 fully saturated rings. The van der Waals surface area contributed by atoms with Crippen LogP contribution in [0.4, 0.5) is 11.4 Å². The van der Waals surface area contributed by atoms with Gasteiger partial charge in [-0.3, -0.25) is 9.59 Å². The lowest BCUT2D eigenvalue weighted by Gasteiger charge is -2.29. The second-order valence-electron chi connectivity index (χ2n) is 6.88. The molecule has 3 aromatic carbocycles. The Morgan fingerprint density at radius 1 is 1.06 bits per heavy atom. The fourth-order valence-electron chi connectivity index (χ4n) is 3.27. The van der Waals surface area contributed by atoms with Crippen molar-refractivity contribution < 1.29 is 24.2 Å². The molecule has 0 bridgehead atoms. The highest BCUT2D eigenvalue weighted by molar-refractivity contribution is 9.10. The molecule has 31 heavy (non-hydrogen) atoms. The third kappa shape index (κ3) is 4.44. The fraction of sp³-hybridized carbons (Fsp3) is 0.0870. The smallest absolute Gasteiger partial charge is 0.337 e. The second-order valence-corrected chi connectivity index (χ2v) is 7.80. The predicted octanol–water partition coefficient (Wildman–Crippen LogP) is 4.33. The van der Waals surface area contributed by atoms with Crippen LogP contribution < -0.4 is 15.0 Å². The molecule has 2 N–H and O–H groups in total. The van der Waals surface area contributed by atoms with Crippen LogP contribution in [-0.4, -0.2) is 29.5 Å². The standard InChI is InChI=1S/C23H17BrN2O5/c24-16-9-10-18(17(11-16)23(29)30)25-22(28)15-7-5-14(6-8-15)12-26-19-3-1-2-4-20(19)31-13-21(26)27/h1-11H,12-13H2,(H,25,28)(H,29,30). The summed E-state index contributed by atoms with van der Waals surface area (Å²) in [7, 11) is 0. The molecular weight excluding hydrogens is 464 g/mol. The Morgan fingerprint density at radius 2 is 1.81 bits per heavy atom. The number of amides is 2. The topological polar surface area (TPSA) is 95.9 Å². The third-order valence-electron chi connectivity index (χ3n) is 4.83. The van der Waals surface area contributed by atoms with Gasteiger partial charge in [0.05, 0.1) is 23.5 Å². The minimum absolute atomic E-state index is 0.0103. The summed E-state index contributed by atoms with van der Waals surface area (Å²) in [6, 6.07) is 18.8. The number of hydrogen-bond acceptors (Lipinski definition) is 4. The molecule has 156 valence electrons. The summed E-state index contributed by atoms with van der Waals surface area (Å²) in [4.78, 5) is 38.0. The van der Waals surface area contributed by atoms with Gasteiger partial charge in [-0.2, -0.15) is 0 Å². The minimum atomic E-state index is -1.14. The molecule has 0 saturated heterocycles. The first kappa shape index (κ1) is 20.6. The number of benzene rings is 3. The van der Waals surface area contributed by atoms with Gasteiger partial charge in [0.15, 0.2) is 6.61 Å². The van der Waals surface area contributed by atoms with Crippen molar-refractivity contribution in [2.75, 3.05) is 16.8 Å². The van der Waals surface area contributed by atoms with Crippen LogP contribution in [0.3, 0.4) is 0 Å². The van der Waals surface area contributed by atoms with Crippen LogP contribution in [0.25, 0.3) is 0 Å². The first-order valence-electron chi connectivity index (χ1n) is 9.38. The van der Waals surface area contributed by atoms with E-state index < -0.39 is 11.9 Å². The van der Waals surface area contributed by atoms with Gasteiger partial charge in [0.25, 0.3) is 11.8 Å². The summed E-state index contributed by atoms with van der Waals surface area (Å²) >= 11 is 3.23. The van der Waals surface area contributed by atoms with E-state index in [1.165, 1.54) is 12.1 Å². The number of aromatic carboxylic acids is 1. The number of hydrogen-bond donors (Lipinski definition) is 2. The van der Waals surface area contributed by atoms with Crippen LogP contribution in [0.2, 0.25) is 0 Å². The maximum atomic E-state index is 12.6. The van der Waals surface area contributed by atoms with E-state index in [0.717, 1.165) is 5.56 Å².